The lowest BCUT2D eigenvalue weighted by atomic mass is 10.1. The fourth-order valence-electron chi connectivity index (χ4n) is 3.43. The zero-order chi connectivity index (χ0) is 21.4. The van der Waals surface area contributed by atoms with Crippen LogP contribution in [0.1, 0.15) is 10.4 Å². The zero-order valence-corrected chi connectivity index (χ0v) is 16.9. The third-order valence-electron chi connectivity index (χ3n) is 4.91. The van der Waals surface area contributed by atoms with Crippen LogP contribution in [-0.4, -0.2) is 30.7 Å². The van der Waals surface area contributed by atoms with Crippen LogP contribution in [0.2, 0.25) is 0 Å². The summed E-state index contributed by atoms with van der Waals surface area (Å²) in [5.74, 6) is -0.0716. The lowest BCUT2D eigenvalue weighted by molar-refractivity contribution is 0.102. The van der Waals surface area contributed by atoms with Gasteiger partial charge < -0.3 is 0 Å². The quantitative estimate of drug-likeness (QED) is 0.310. The fourth-order valence-corrected chi connectivity index (χ4v) is 4.27. The first-order chi connectivity index (χ1) is 15.1. The molecule has 0 aliphatic rings. The Bertz CT molecular complexity index is 1480. The summed E-state index contributed by atoms with van der Waals surface area (Å²) in [5, 5.41) is 9.53. The number of hydrogen-bond donors (Lipinski definition) is 0. The van der Waals surface area contributed by atoms with Crippen molar-refractivity contribution in [1.29, 1.82) is 0 Å². The van der Waals surface area contributed by atoms with Gasteiger partial charge in [-0.15, -0.1) is 10.2 Å². The van der Waals surface area contributed by atoms with E-state index in [0.717, 1.165) is 0 Å². The predicted molar refractivity (Wildman–Crippen MR) is 118 cm³/mol. The van der Waals surface area contributed by atoms with Gasteiger partial charge in [0.25, 0.3) is 5.56 Å². The van der Waals surface area contributed by atoms with E-state index in [1.807, 2.05) is 42.5 Å². The molecule has 0 aliphatic carbocycles. The first-order valence-corrected chi connectivity index (χ1v) is 10.5. The average molecular weight is 430 g/mol. The van der Waals surface area contributed by atoms with Crippen LogP contribution in [0, 0.1) is 5.82 Å². The molecule has 3 aromatic carbocycles. The number of carbonyl (C=O) groups excluding carboxylic acids is 1. The van der Waals surface area contributed by atoms with E-state index in [1.54, 1.807) is 16.5 Å². The average Bonchev–Trinajstić information content (AvgIpc) is 3.22. The number of hydrogen-bond acceptors (Lipinski definition) is 5. The zero-order valence-electron chi connectivity index (χ0n) is 16.1. The largest absolute Gasteiger partial charge is 0.293 e. The summed E-state index contributed by atoms with van der Waals surface area (Å²) in [7, 11) is 0. The Morgan fingerprint density at radius 1 is 0.903 bits per heavy atom. The molecule has 2 aromatic heterocycles. The first kappa shape index (κ1) is 19.2. The van der Waals surface area contributed by atoms with Crippen molar-refractivity contribution in [3.63, 3.8) is 0 Å². The van der Waals surface area contributed by atoms with E-state index in [-0.39, 0.29) is 17.1 Å². The molecule has 0 N–H and O–H groups in total. The molecule has 152 valence electrons. The number of thioether (sulfide) groups is 1. The van der Waals surface area contributed by atoms with Crippen molar-refractivity contribution in [3.8, 4) is 5.69 Å². The van der Waals surface area contributed by atoms with Crippen LogP contribution in [0.4, 0.5) is 4.39 Å². The highest BCUT2D eigenvalue weighted by Gasteiger charge is 2.18. The summed E-state index contributed by atoms with van der Waals surface area (Å²) in [5.41, 5.74) is 1.57. The van der Waals surface area contributed by atoms with Crippen molar-refractivity contribution < 1.29 is 9.18 Å². The third kappa shape index (κ3) is 3.40. The molecule has 0 saturated carbocycles. The van der Waals surface area contributed by atoms with Crippen molar-refractivity contribution in [2.24, 2.45) is 0 Å². The fraction of sp³-hybridized carbons (Fsp3) is 0.0435. The van der Waals surface area contributed by atoms with Gasteiger partial charge in [-0.3, -0.25) is 14.0 Å². The second kappa shape index (κ2) is 7.81. The number of ketones is 1. The number of benzene rings is 3. The number of nitrogens with zero attached hydrogens (tertiary/aromatic N) is 4. The molecule has 6 nitrogen and oxygen atoms in total. The minimum Gasteiger partial charge on any atom is -0.293 e. The lowest BCUT2D eigenvalue weighted by Crippen LogP contribution is -2.21. The van der Waals surface area contributed by atoms with Gasteiger partial charge in [-0.2, -0.15) is 0 Å². The van der Waals surface area contributed by atoms with Crippen LogP contribution in [0.5, 0.6) is 0 Å². The third-order valence-corrected chi connectivity index (χ3v) is 5.84. The highest BCUT2D eigenvalue weighted by Crippen LogP contribution is 2.24. The highest BCUT2D eigenvalue weighted by atomic mass is 32.2. The summed E-state index contributed by atoms with van der Waals surface area (Å²) >= 11 is 1.22. The van der Waals surface area contributed by atoms with E-state index in [2.05, 4.69) is 10.2 Å². The van der Waals surface area contributed by atoms with Crippen LogP contribution in [0.15, 0.2) is 88.8 Å². The molecule has 0 bridgehead atoms. The Morgan fingerprint density at radius 2 is 1.61 bits per heavy atom. The Kier molecular flexibility index (Phi) is 4.83. The topological polar surface area (TPSA) is 69.3 Å². The molecule has 0 fully saturated rings. The molecule has 0 unspecified atom stereocenters. The number of carbonyl (C=O) groups is 1. The molecule has 2 heterocycles. The number of fused-ring (bicyclic) bond motifs is 3. The van der Waals surface area contributed by atoms with Crippen molar-refractivity contribution in [3.05, 3.63) is 101 Å². The summed E-state index contributed by atoms with van der Waals surface area (Å²) < 4.78 is 16.4. The van der Waals surface area contributed by atoms with Crippen molar-refractivity contribution in [1.82, 2.24) is 19.2 Å². The summed E-state index contributed by atoms with van der Waals surface area (Å²) in [4.78, 5) is 25.8. The molecular weight excluding hydrogens is 415 g/mol. The first-order valence-electron chi connectivity index (χ1n) is 9.49. The van der Waals surface area contributed by atoms with E-state index in [4.69, 9.17) is 0 Å². The Hall–Kier alpha value is -3.78. The molecule has 5 aromatic rings. The Labute approximate surface area is 180 Å². The smallest absolute Gasteiger partial charge is 0.267 e. The number of aromatic nitrogens is 4. The molecule has 31 heavy (non-hydrogen) atoms. The van der Waals surface area contributed by atoms with Crippen LogP contribution in [0.3, 0.4) is 0 Å². The number of halogens is 1. The normalized spacial score (nSPS) is 11.3. The maximum atomic E-state index is 13.2. The van der Waals surface area contributed by atoms with Crippen LogP contribution >= 0.6 is 11.8 Å². The van der Waals surface area contributed by atoms with Gasteiger partial charge in [0.15, 0.2) is 10.9 Å². The van der Waals surface area contributed by atoms with E-state index >= 15 is 0 Å². The molecule has 0 amide bonds. The van der Waals surface area contributed by atoms with Gasteiger partial charge >= 0.3 is 0 Å². The summed E-state index contributed by atoms with van der Waals surface area (Å²) in [6, 6.07) is 21.9. The van der Waals surface area contributed by atoms with Crippen LogP contribution < -0.4 is 5.56 Å². The van der Waals surface area contributed by atoms with Gasteiger partial charge in [0.05, 0.1) is 22.3 Å². The standard InChI is InChI=1S/C23H15FN4O2S/c24-16-12-10-15(11-13-16)20(29)14-31-23-26-25-22-27(17-6-2-1-3-7-17)21(30)18-8-4-5-9-19(18)28(22)23/h1-13H,14H2. The summed E-state index contributed by atoms with van der Waals surface area (Å²) in [6.45, 7) is 0. The van der Waals surface area contributed by atoms with Crippen molar-refractivity contribution >= 4 is 34.2 Å². The van der Waals surface area contributed by atoms with Gasteiger partial charge in [0.2, 0.25) is 5.78 Å². The molecule has 0 aliphatic heterocycles. The van der Waals surface area contributed by atoms with E-state index in [9.17, 15) is 14.0 Å². The monoisotopic (exact) mass is 430 g/mol. The van der Waals surface area contributed by atoms with Gasteiger partial charge in [-0.05, 0) is 48.5 Å². The van der Waals surface area contributed by atoms with E-state index in [1.165, 1.54) is 40.6 Å². The van der Waals surface area contributed by atoms with Gasteiger partial charge in [-0.25, -0.2) is 8.96 Å². The van der Waals surface area contributed by atoms with Crippen molar-refractivity contribution in [2.75, 3.05) is 5.75 Å². The Balaban J connectivity index is 1.62. The molecule has 0 radical (unpaired) electrons. The van der Waals surface area contributed by atoms with Gasteiger partial charge in [0.1, 0.15) is 5.82 Å². The number of para-hydroxylation sites is 2. The summed E-state index contributed by atoms with van der Waals surface area (Å²) in [6.07, 6.45) is 0. The van der Waals surface area contributed by atoms with Gasteiger partial charge in [0, 0.05) is 5.56 Å². The Morgan fingerprint density at radius 3 is 2.39 bits per heavy atom. The number of Topliss-reactive ketones (excluding diaryl/α,β-unsaturated/α-hetero) is 1. The van der Waals surface area contributed by atoms with Gasteiger partial charge in [-0.1, -0.05) is 42.1 Å². The van der Waals surface area contributed by atoms with Crippen LogP contribution in [0.25, 0.3) is 22.4 Å². The van der Waals surface area contributed by atoms with Crippen molar-refractivity contribution in [2.45, 2.75) is 5.16 Å². The maximum absolute atomic E-state index is 13.2. The maximum Gasteiger partial charge on any atom is 0.267 e. The molecule has 0 atom stereocenters. The van der Waals surface area contributed by atoms with E-state index in [0.29, 0.717) is 33.1 Å². The highest BCUT2D eigenvalue weighted by molar-refractivity contribution is 7.99. The predicted octanol–water partition coefficient (Wildman–Crippen LogP) is 4.15. The molecule has 0 spiro atoms. The lowest BCUT2D eigenvalue weighted by Gasteiger charge is -2.11. The van der Waals surface area contributed by atoms with Crippen LogP contribution in [-0.2, 0) is 0 Å². The van der Waals surface area contributed by atoms with E-state index < -0.39 is 5.82 Å². The minimum atomic E-state index is -0.391. The number of rotatable bonds is 5. The minimum absolute atomic E-state index is 0.102. The molecule has 8 heteroatoms. The second-order valence-electron chi connectivity index (χ2n) is 6.83. The molecule has 5 rings (SSSR count). The molecular formula is C23H15FN4O2S. The second-order valence-corrected chi connectivity index (χ2v) is 7.77. The SMILES string of the molecule is O=C(CSc1nnc2n(-c3ccccc3)c(=O)c3ccccc3n12)c1ccc(F)cc1. The molecule has 0 saturated heterocycles.